The van der Waals surface area contributed by atoms with Crippen LogP contribution in [0.3, 0.4) is 0 Å². The molecule has 0 aliphatic heterocycles. The number of guanidine groups is 1. The highest BCUT2D eigenvalue weighted by molar-refractivity contribution is 5.81. The van der Waals surface area contributed by atoms with Crippen LogP contribution in [0.2, 0.25) is 0 Å². The predicted molar refractivity (Wildman–Crippen MR) is 87.3 cm³/mol. The van der Waals surface area contributed by atoms with Crippen LogP contribution < -0.4 is 5.32 Å². The smallest absolute Gasteiger partial charge is 0.223 e. The van der Waals surface area contributed by atoms with Gasteiger partial charge in [0.05, 0.1) is 0 Å². The molecule has 0 spiro atoms. The molecule has 0 heterocycles. The maximum Gasteiger partial charge on any atom is 0.223 e. The number of benzene rings is 1. The molecule has 1 aromatic carbocycles. The Hall–Kier alpha value is -2.04. The van der Waals surface area contributed by atoms with Crippen molar-refractivity contribution in [3.05, 3.63) is 35.4 Å². The molecule has 1 amide bonds. The topological polar surface area (TPSA) is 47.9 Å². The number of rotatable bonds is 5. The van der Waals surface area contributed by atoms with Gasteiger partial charge < -0.3 is 15.1 Å². The Bertz CT molecular complexity index is 497. The Morgan fingerprint density at radius 2 is 1.90 bits per heavy atom. The van der Waals surface area contributed by atoms with Gasteiger partial charge >= 0.3 is 0 Å². The second-order valence-electron chi connectivity index (χ2n) is 5.29. The molecule has 0 saturated carbocycles. The van der Waals surface area contributed by atoms with E-state index in [-0.39, 0.29) is 5.91 Å². The van der Waals surface area contributed by atoms with Gasteiger partial charge in [-0.3, -0.25) is 9.79 Å². The number of nitrogens with one attached hydrogen (secondary N) is 1. The lowest BCUT2D eigenvalue weighted by molar-refractivity contribution is -0.128. The number of carbonyl (C=O) groups is 1. The minimum Gasteiger partial charge on any atom is -0.356 e. The van der Waals surface area contributed by atoms with Crippen LogP contribution in [0.5, 0.6) is 0 Å². The molecule has 0 aliphatic rings. The number of hydrogen-bond donors (Lipinski definition) is 1. The molecule has 1 N–H and O–H groups in total. The predicted octanol–water partition coefficient (Wildman–Crippen LogP) is 1.48. The number of aryl methyl sites for hydroxylation is 1. The van der Waals surface area contributed by atoms with Crippen molar-refractivity contribution < 1.29 is 4.79 Å². The molecule has 0 radical (unpaired) electrons. The molecule has 5 nitrogen and oxygen atoms in total. The van der Waals surface area contributed by atoms with Gasteiger partial charge in [0.25, 0.3) is 0 Å². The zero-order valence-electron chi connectivity index (χ0n) is 13.7. The van der Waals surface area contributed by atoms with Crippen molar-refractivity contribution in [1.82, 2.24) is 15.1 Å². The Morgan fingerprint density at radius 3 is 2.48 bits per heavy atom. The monoisotopic (exact) mass is 290 g/mol. The van der Waals surface area contributed by atoms with Gasteiger partial charge in [0.1, 0.15) is 0 Å². The molecule has 116 valence electrons. The van der Waals surface area contributed by atoms with E-state index in [1.54, 1.807) is 26.0 Å². The molecule has 0 bridgehead atoms. The van der Waals surface area contributed by atoms with Crippen LogP contribution in [0.15, 0.2) is 29.3 Å². The molecule has 0 atom stereocenters. The maximum absolute atomic E-state index is 11.6. The lowest BCUT2D eigenvalue weighted by Gasteiger charge is -2.23. The highest BCUT2D eigenvalue weighted by Gasteiger charge is 2.09. The molecule has 1 aromatic rings. The van der Waals surface area contributed by atoms with E-state index >= 15 is 0 Å². The molecule has 21 heavy (non-hydrogen) atoms. The third-order valence-corrected chi connectivity index (χ3v) is 3.36. The molecule has 0 aliphatic carbocycles. The number of aliphatic imine (C=N–C) groups is 1. The van der Waals surface area contributed by atoms with E-state index in [1.165, 1.54) is 11.1 Å². The minimum absolute atomic E-state index is 0.111. The third-order valence-electron chi connectivity index (χ3n) is 3.36. The van der Waals surface area contributed by atoms with Crippen LogP contribution in [-0.4, -0.2) is 56.4 Å². The number of nitrogens with zero attached hydrogens (tertiary/aromatic N) is 3. The zero-order valence-corrected chi connectivity index (χ0v) is 13.7. The van der Waals surface area contributed by atoms with Crippen LogP contribution >= 0.6 is 0 Å². The largest absolute Gasteiger partial charge is 0.356 e. The molecule has 5 heteroatoms. The summed E-state index contributed by atoms with van der Waals surface area (Å²) in [5.41, 5.74) is 2.54. The summed E-state index contributed by atoms with van der Waals surface area (Å²) in [6, 6.07) is 8.31. The average Bonchev–Trinajstić information content (AvgIpc) is 2.45. The van der Waals surface area contributed by atoms with Gasteiger partial charge in [0, 0.05) is 47.7 Å². The molecule has 1 rings (SSSR count). The first-order chi connectivity index (χ1) is 9.95. The third kappa shape index (κ3) is 5.45. The normalized spacial score (nSPS) is 11.2. The molecular weight excluding hydrogens is 264 g/mol. The lowest BCUT2D eigenvalue weighted by atomic mass is 10.1. The Kier molecular flexibility index (Phi) is 6.72. The summed E-state index contributed by atoms with van der Waals surface area (Å²) in [6.07, 6.45) is 0.463. The number of amides is 1. The van der Waals surface area contributed by atoms with Crippen molar-refractivity contribution in [1.29, 1.82) is 0 Å². The number of hydrogen-bond acceptors (Lipinski definition) is 2. The summed E-state index contributed by atoms with van der Waals surface area (Å²) >= 11 is 0. The fourth-order valence-electron chi connectivity index (χ4n) is 2.01. The molecular formula is C16H26N4O. The van der Waals surface area contributed by atoms with Gasteiger partial charge in [-0.15, -0.1) is 0 Å². The van der Waals surface area contributed by atoms with Crippen LogP contribution in [-0.2, 0) is 11.3 Å². The number of carbonyl (C=O) groups excluding carboxylic acids is 1. The summed E-state index contributed by atoms with van der Waals surface area (Å²) in [6.45, 7) is 3.48. The highest BCUT2D eigenvalue weighted by Crippen LogP contribution is 2.09. The van der Waals surface area contributed by atoms with E-state index in [9.17, 15) is 4.79 Å². The second-order valence-corrected chi connectivity index (χ2v) is 5.29. The molecule has 0 saturated heterocycles. The van der Waals surface area contributed by atoms with Crippen LogP contribution in [0.25, 0.3) is 0 Å². The summed E-state index contributed by atoms with van der Waals surface area (Å²) < 4.78 is 0. The highest BCUT2D eigenvalue weighted by atomic mass is 16.2. The van der Waals surface area contributed by atoms with Gasteiger partial charge in [-0.1, -0.05) is 24.3 Å². The molecule has 0 unspecified atom stereocenters. The molecule has 0 fully saturated rings. The standard InChI is InChI=1S/C16H26N4O/c1-13-8-6-7-9-14(13)12-20(5)16(17-2)18-11-10-15(21)19(3)4/h6-9H,10-12H2,1-5H3,(H,17,18). The van der Waals surface area contributed by atoms with Crippen LogP contribution in [0.4, 0.5) is 0 Å². The second kappa shape index (κ2) is 8.29. The summed E-state index contributed by atoms with van der Waals surface area (Å²) in [7, 11) is 7.28. The quantitative estimate of drug-likeness (QED) is 0.660. The van der Waals surface area contributed by atoms with Crippen molar-refractivity contribution in [2.75, 3.05) is 34.7 Å². The van der Waals surface area contributed by atoms with E-state index in [1.807, 2.05) is 19.2 Å². The van der Waals surface area contributed by atoms with Crippen molar-refractivity contribution in [2.45, 2.75) is 19.9 Å². The van der Waals surface area contributed by atoms with E-state index in [0.717, 1.165) is 12.5 Å². The minimum atomic E-state index is 0.111. The summed E-state index contributed by atoms with van der Waals surface area (Å²) in [4.78, 5) is 19.5. The first-order valence-electron chi connectivity index (χ1n) is 7.12. The van der Waals surface area contributed by atoms with Crippen molar-refractivity contribution in [3.63, 3.8) is 0 Å². The van der Waals surface area contributed by atoms with E-state index < -0.39 is 0 Å². The van der Waals surface area contributed by atoms with Crippen molar-refractivity contribution in [2.24, 2.45) is 4.99 Å². The fourth-order valence-corrected chi connectivity index (χ4v) is 2.01. The first-order valence-corrected chi connectivity index (χ1v) is 7.12. The lowest BCUT2D eigenvalue weighted by Crippen LogP contribution is -2.40. The SMILES string of the molecule is CN=C(NCCC(=O)N(C)C)N(C)Cc1ccccc1C. The van der Waals surface area contributed by atoms with Gasteiger partial charge in [-0.05, 0) is 18.1 Å². The van der Waals surface area contributed by atoms with Gasteiger partial charge in [-0.25, -0.2) is 0 Å². The Balaban J connectivity index is 2.53. The van der Waals surface area contributed by atoms with Crippen molar-refractivity contribution >= 4 is 11.9 Å². The fraction of sp³-hybridized carbons (Fsp3) is 0.500. The maximum atomic E-state index is 11.6. The Morgan fingerprint density at radius 1 is 1.24 bits per heavy atom. The van der Waals surface area contributed by atoms with E-state index in [4.69, 9.17) is 0 Å². The van der Waals surface area contributed by atoms with Gasteiger partial charge in [0.15, 0.2) is 5.96 Å². The van der Waals surface area contributed by atoms with Crippen molar-refractivity contribution in [3.8, 4) is 0 Å². The zero-order chi connectivity index (χ0) is 15.8. The van der Waals surface area contributed by atoms with Gasteiger partial charge in [0.2, 0.25) is 5.91 Å². The van der Waals surface area contributed by atoms with Crippen LogP contribution in [0, 0.1) is 6.92 Å². The summed E-state index contributed by atoms with van der Waals surface area (Å²) in [5.74, 6) is 0.907. The van der Waals surface area contributed by atoms with E-state index in [2.05, 4.69) is 34.3 Å². The summed E-state index contributed by atoms with van der Waals surface area (Å²) in [5, 5.41) is 3.22. The first kappa shape index (κ1) is 17.0. The Labute approximate surface area is 127 Å². The van der Waals surface area contributed by atoms with Gasteiger partial charge in [-0.2, -0.15) is 0 Å². The average molecular weight is 290 g/mol. The van der Waals surface area contributed by atoms with Crippen LogP contribution in [0.1, 0.15) is 17.5 Å². The molecule has 0 aromatic heterocycles. The van der Waals surface area contributed by atoms with E-state index in [0.29, 0.717) is 13.0 Å².